The van der Waals surface area contributed by atoms with Gasteiger partial charge in [-0.25, -0.2) is 9.97 Å². The Balaban J connectivity index is 2.09. The van der Waals surface area contributed by atoms with E-state index < -0.39 is 0 Å². The molecule has 0 saturated carbocycles. The van der Waals surface area contributed by atoms with Crippen LogP contribution in [0.4, 0.5) is 0 Å². The fourth-order valence-electron chi connectivity index (χ4n) is 1.86. The quantitative estimate of drug-likeness (QED) is 0.856. The van der Waals surface area contributed by atoms with Crippen LogP contribution in [-0.4, -0.2) is 21.9 Å². The summed E-state index contributed by atoms with van der Waals surface area (Å²) < 4.78 is 5.92. The molecule has 2 heterocycles. The summed E-state index contributed by atoms with van der Waals surface area (Å²) in [7, 11) is 2.09. The Morgan fingerprint density at radius 3 is 2.55 bits per heavy atom. The van der Waals surface area contributed by atoms with Gasteiger partial charge in [0.1, 0.15) is 5.76 Å². The molecule has 0 N–H and O–H groups in total. The Hall–Kier alpha value is -1.20. The molecule has 20 heavy (non-hydrogen) atoms. The summed E-state index contributed by atoms with van der Waals surface area (Å²) in [6.07, 6.45) is 1.84. The lowest BCUT2D eigenvalue weighted by molar-refractivity contribution is 0.211. The van der Waals surface area contributed by atoms with Crippen LogP contribution in [0.5, 0.6) is 0 Å². The minimum atomic E-state index is -0.00218. The monoisotopic (exact) mass is 293 g/mol. The van der Waals surface area contributed by atoms with Gasteiger partial charge in [-0.3, -0.25) is 4.90 Å². The molecule has 0 spiro atoms. The van der Waals surface area contributed by atoms with Crippen molar-refractivity contribution in [3.63, 3.8) is 0 Å². The Kier molecular flexibility index (Phi) is 4.30. The number of hydrogen-bond donors (Lipinski definition) is 0. The maximum Gasteiger partial charge on any atom is 0.211 e. The number of oxazole rings is 1. The van der Waals surface area contributed by atoms with Crippen LogP contribution in [0, 0.1) is 6.92 Å². The normalized spacial score (nSPS) is 13.9. The van der Waals surface area contributed by atoms with E-state index >= 15 is 0 Å². The number of aromatic nitrogens is 2. The smallest absolute Gasteiger partial charge is 0.211 e. The molecule has 2 aromatic rings. The second-order valence-corrected chi connectivity index (χ2v) is 7.20. The van der Waals surface area contributed by atoms with Gasteiger partial charge in [0.25, 0.3) is 0 Å². The molecule has 4 nitrogen and oxygen atoms in total. The lowest BCUT2D eigenvalue weighted by atomic mass is 9.94. The summed E-state index contributed by atoms with van der Waals surface area (Å²) in [6, 6.07) is 0.146. The van der Waals surface area contributed by atoms with Gasteiger partial charge in [-0.2, -0.15) is 0 Å². The molecule has 5 heteroatoms. The maximum atomic E-state index is 5.92. The summed E-state index contributed by atoms with van der Waals surface area (Å²) in [4.78, 5) is 12.3. The van der Waals surface area contributed by atoms with Gasteiger partial charge in [-0.05, 0) is 20.9 Å². The zero-order chi connectivity index (χ0) is 14.9. The van der Waals surface area contributed by atoms with E-state index in [2.05, 4.69) is 49.6 Å². The molecular formula is C15H23N3OS. The minimum Gasteiger partial charge on any atom is -0.443 e. The van der Waals surface area contributed by atoms with Crippen LogP contribution in [0.3, 0.4) is 0 Å². The predicted octanol–water partition coefficient (Wildman–Crippen LogP) is 3.93. The van der Waals surface area contributed by atoms with Gasteiger partial charge in [0.05, 0.1) is 23.4 Å². The van der Waals surface area contributed by atoms with E-state index in [0.29, 0.717) is 0 Å². The number of hydrogen-bond acceptors (Lipinski definition) is 5. The summed E-state index contributed by atoms with van der Waals surface area (Å²) in [5.41, 5.74) is 3.00. The van der Waals surface area contributed by atoms with Crippen molar-refractivity contribution in [1.82, 2.24) is 14.9 Å². The second kappa shape index (κ2) is 5.66. The first-order chi connectivity index (χ1) is 9.29. The van der Waals surface area contributed by atoms with E-state index in [1.807, 2.05) is 18.6 Å². The van der Waals surface area contributed by atoms with Gasteiger partial charge >= 0.3 is 0 Å². The highest BCUT2D eigenvalue weighted by atomic mass is 32.1. The molecule has 0 aliphatic heterocycles. The molecule has 1 atom stereocenters. The van der Waals surface area contributed by atoms with E-state index in [0.717, 1.165) is 23.9 Å². The van der Waals surface area contributed by atoms with Crippen LogP contribution in [0.15, 0.2) is 16.1 Å². The van der Waals surface area contributed by atoms with Gasteiger partial charge in [0, 0.05) is 16.8 Å². The van der Waals surface area contributed by atoms with E-state index in [1.54, 1.807) is 11.3 Å². The molecule has 0 saturated heterocycles. The number of aryl methyl sites for hydroxylation is 1. The largest absolute Gasteiger partial charge is 0.443 e. The Morgan fingerprint density at radius 1 is 1.35 bits per heavy atom. The zero-order valence-corrected chi connectivity index (χ0v) is 13.9. The molecule has 2 rings (SSSR count). The fraction of sp³-hybridized carbons (Fsp3) is 0.600. The zero-order valence-electron chi connectivity index (χ0n) is 13.1. The summed E-state index contributed by atoms with van der Waals surface area (Å²) in [5.74, 6) is 1.71. The highest BCUT2D eigenvalue weighted by Gasteiger charge is 2.23. The van der Waals surface area contributed by atoms with E-state index in [9.17, 15) is 0 Å². The molecular weight excluding hydrogens is 270 g/mol. The van der Waals surface area contributed by atoms with Crippen LogP contribution in [0.25, 0.3) is 0 Å². The number of thiazole rings is 1. The summed E-state index contributed by atoms with van der Waals surface area (Å²) >= 11 is 1.70. The number of rotatable bonds is 4. The van der Waals surface area contributed by atoms with Crippen LogP contribution >= 0.6 is 11.3 Å². The molecule has 0 aliphatic rings. The van der Waals surface area contributed by atoms with Crippen molar-refractivity contribution < 1.29 is 4.42 Å². The Bertz CT molecular complexity index is 568. The molecule has 2 aromatic heterocycles. The third-order valence-corrected chi connectivity index (χ3v) is 4.44. The van der Waals surface area contributed by atoms with Gasteiger partial charge < -0.3 is 4.42 Å². The van der Waals surface area contributed by atoms with E-state index in [-0.39, 0.29) is 11.5 Å². The van der Waals surface area contributed by atoms with Gasteiger partial charge in [-0.15, -0.1) is 11.3 Å². The molecule has 0 fully saturated rings. The van der Waals surface area contributed by atoms with Crippen LogP contribution in [0.1, 0.15) is 56.0 Å². The first-order valence-corrected chi connectivity index (χ1v) is 7.72. The van der Waals surface area contributed by atoms with Gasteiger partial charge in [-0.1, -0.05) is 20.8 Å². The van der Waals surface area contributed by atoms with Crippen molar-refractivity contribution >= 4 is 11.3 Å². The minimum absolute atomic E-state index is 0.00218. The second-order valence-electron chi connectivity index (χ2n) is 6.26. The molecule has 110 valence electrons. The predicted molar refractivity (Wildman–Crippen MR) is 81.9 cm³/mol. The lowest BCUT2D eigenvalue weighted by Crippen LogP contribution is -2.22. The molecule has 0 amide bonds. The van der Waals surface area contributed by atoms with Crippen molar-refractivity contribution in [2.45, 2.75) is 52.6 Å². The van der Waals surface area contributed by atoms with E-state index in [1.165, 1.54) is 4.88 Å². The van der Waals surface area contributed by atoms with Crippen molar-refractivity contribution in [3.8, 4) is 0 Å². The third kappa shape index (κ3) is 3.27. The van der Waals surface area contributed by atoms with Gasteiger partial charge in [0.2, 0.25) is 5.89 Å². The SMILES string of the molecule is Cc1ncsc1CN(C)[C@@H](C)c1ncc(C(C)(C)C)o1. The Labute approximate surface area is 124 Å². The first kappa shape index (κ1) is 15.2. The van der Waals surface area contributed by atoms with Crippen molar-refractivity contribution in [2.75, 3.05) is 7.05 Å². The van der Waals surface area contributed by atoms with E-state index in [4.69, 9.17) is 4.42 Å². The molecule has 0 aromatic carbocycles. The molecule has 0 unspecified atom stereocenters. The highest BCUT2D eigenvalue weighted by molar-refractivity contribution is 7.09. The van der Waals surface area contributed by atoms with Crippen LogP contribution < -0.4 is 0 Å². The first-order valence-electron chi connectivity index (χ1n) is 6.84. The highest BCUT2D eigenvalue weighted by Crippen LogP contribution is 2.27. The fourth-order valence-corrected chi connectivity index (χ4v) is 2.70. The van der Waals surface area contributed by atoms with Crippen molar-refractivity contribution in [2.24, 2.45) is 0 Å². The van der Waals surface area contributed by atoms with Crippen LogP contribution in [-0.2, 0) is 12.0 Å². The maximum absolute atomic E-state index is 5.92. The topological polar surface area (TPSA) is 42.2 Å². The average Bonchev–Trinajstić information content (AvgIpc) is 2.97. The average molecular weight is 293 g/mol. The van der Waals surface area contributed by atoms with Gasteiger partial charge in [0.15, 0.2) is 0 Å². The van der Waals surface area contributed by atoms with Crippen molar-refractivity contribution in [3.05, 3.63) is 33.9 Å². The Morgan fingerprint density at radius 2 is 2.05 bits per heavy atom. The third-order valence-electron chi connectivity index (χ3n) is 3.52. The van der Waals surface area contributed by atoms with Crippen molar-refractivity contribution in [1.29, 1.82) is 0 Å². The van der Waals surface area contributed by atoms with Crippen LogP contribution in [0.2, 0.25) is 0 Å². The summed E-state index contributed by atoms with van der Waals surface area (Å²) in [6.45, 7) is 11.4. The molecule has 0 radical (unpaired) electrons. The standard InChI is InChI=1S/C15H23N3OS/c1-10-12(20-9-17-10)8-18(6)11(2)14-16-7-13(19-14)15(3,4)5/h7,9,11H,8H2,1-6H3/t11-/m0/s1. The number of nitrogens with zero attached hydrogens (tertiary/aromatic N) is 3. The molecule has 0 bridgehead atoms. The lowest BCUT2D eigenvalue weighted by Gasteiger charge is -2.22. The molecule has 0 aliphatic carbocycles. The summed E-state index contributed by atoms with van der Waals surface area (Å²) in [5, 5.41) is 0.